The molecule has 174 valence electrons. The van der Waals surface area contributed by atoms with Crippen LogP contribution in [-0.4, -0.2) is 49.3 Å². The number of hydrogen-bond donors (Lipinski definition) is 1. The fraction of sp³-hybridized carbons (Fsp3) is 0.318. The van der Waals surface area contributed by atoms with Gasteiger partial charge in [-0.15, -0.1) is 0 Å². The molecule has 0 aliphatic carbocycles. The Morgan fingerprint density at radius 3 is 2.70 bits per heavy atom. The zero-order valence-corrected chi connectivity index (χ0v) is 20.2. The number of halogens is 1. The van der Waals surface area contributed by atoms with Gasteiger partial charge in [-0.05, 0) is 56.2 Å². The van der Waals surface area contributed by atoms with Crippen LogP contribution in [-0.2, 0) is 19.6 Å². The lowest BCUT2D eigenvalue weighted by Gasteiger charge is -2.30. The van der Waals surface area contributed by atoms with E-state index < -0.39 is 21.8 Å². The summed E-state index contributed by atoms with van der Waals surface area (Å²) in [4.78, 5) is 29.1. The van der Waals surface area contributed by atoms with Gasteiger partial charge in [0.25, 0.3) is 5.91 Å². The molecule has 3 aromatic rings. The quantitative estimate of drug-likeness (QED) is 0.502. The average molecular weight is 508 g/mol. The number of nitrogens with zero attached hydrogens (tertiary/aromatic N) is 2. The molecule has 0 saturated carbocycles. The molecule has 1 aliphatic heterocycles. The van der Waals surface area contributed by atoms with Crippen molar-refractivity contribution in [1.29, 1.82) is 0 Å². The predicted molar refractivity (Wildman–Crippen MR) is 127 cm³/mol. The zero-order valence-electron chi connectivity index (χ0n) is 17.8. The van der Waals surface area contributed by atoms with Crippen LogP contribution in [0.4, 0.5) is 5.13 Å². The minimum absolute atomic E-state index is 0.0651. The number of anilines is 1. The highest BCUT2D eigenvalue weighted by atomic mass is 35.5. The van der Waals surface area contributed by atoms with Crippen molar-refractivity contribution in [2.75, 3.05) is 25.0 Å². The molecular weight excluding hydrogens is 486 g/mol. The Balaban J connectivity index is 1.47. The van der Waals surface area contributed by atoms with Gasteiger partial charge >= 0.3 is 5.97 Å². The highest BCUT2D eigenvalue weighted by molar-refractivity contribution is 7.89. The Morgan fingerprint density at radius 2 is 2.00 bits per heavy atom. The second-order valence-corrected chi connectivity index (χ2v) is 10.9. The number of amides is 1. The number of thiazole rings is 1. The Labute approximate surface area is 200 Å². The molecule has 1 atom stereocenters. The summed E-state index contributed by atoms with van der Waals surface area (Å²) in [5.41, 5.74) is 0.908. The van der Waals surface area contributed by atoms with E-state index in [1.54, 1.807) is 13.0 Å². The van der Waals surface area contributed by atoms with Crippen LogP contribution in [0.15, 0.2) is 47.4 Å². The Bertz CT molecular complexity index is 1290. The maximum Gasteiger partial charge on any atom is 0.310 e. The number of piperidine rings is 1. The summed E-state index contributed by atoms with van der Waals surface area (Å²) in [5.74, 6) is -1.25. The fourth-order valence-electron chi connectivity index (χ4n) is 3.68. The first-order chi connectivity index (χ1) is 15.8. The van der Waals surface area contributed by atoms with Crippen molar-refractivity contribution in [2.45, 2.75) is 24.7 Å². The normalized spacial score (nSPS) is 17.1. The molecule has 1 fully saturated rings. The van der Waals surface area contributed by atoms with Crippen LogP contribution in [0, 0.1) is 5.92 Å². The average Bonchev–Trinajstić information content (AvgIpc) is 3.23. The Morgan fingerprint density at radius 1 is 1.24 bits per heavy atom. The number of rotatable bonds is 6. The van der Waals surface area contributed by atoms with Crippen LogP contribution in [0.3, 0.4) is 0 Å². The molecule has 0 spiro atoms. The summed E-state index contributed by atoms with van der Waals surface area (Å²) in [7, 11) is -3.80. The predicted octanol–water partition coefficient (Wildman–Crippen LogP) is 4.17. The number of carbonyl (C=O) groups is 2. The molecule has 8 nitrogen and oxygen atoms in total. The van der Waals surface area contributed by atoms with E-state index in [1.807, 2.05) is 12.1 Å². The van der Waals surface area contributed by atoms with E-state index in [0.29, 0.717) is 40.6 Å². The summed E-state index contributed by atoms with van der Waals surface area (Å²) in [6, 6.07) is 11.1. The second-order valence-electron chi connectivity index (χ2n) is 7.54. The fourth-order valence-corrected chi connectivity index (χ4v) is 6.36. The van der Waals surface area contributed by atoms with Crippen molar-refractivity contribution in [1.82, 2.24) is 9.29 Å². The third-order valence-corrected chi connectivity index (χ3v) is 8.47. The Kier molecular flexibility index (Phi) is 6.99. The summed E-state index contributed by atoms with van der Waals surface area (Å²) in [6.45, 7) is 2.40. The topological polar surface area (TPSA) is 106 Å². The number of carbonyl (C=O) groups excluding carboxylic acids is 2. The SMILES string of the molecule is CCOC(=O)C1CCCN(S(=O)(=O)c2ccc(C(=O)Nc3nc4c(Cl)cccc4s3)cc2)C1. The van der Waals surface area contributed by atoms with Crippen LogP contribution in [0.5, 0.6) is 0 Å². The second kappa shape index (κ2) is 9.76. The highest BCUT2D eigenvalue weighted by Gasteiger charge is 2.34. The van der Waals surface area contributed by atoms with E-state index in [-0.39, 0.29) is 24.0 Å². The maximum absolute atomic E-state index is 13.1. The molecule has 33 heavy (non-hydrogen) atoms. The summed E-state index contributed by atoms with van der Waals surface area (Å²) in [6.07, 6.45) is 1.18. The number of hydrogen-bond acceptors (Lipinski definition) is 7. The van der Waals surface area contributed by atoms with E-state index >= 15 is 0 Å². The molecule has 1 amide bonds. The number of aromatic nitrogens is 1. The van der Waals surface area contributed by atoms with Gasteiger partial charge < -0.3 is 4.74 Å². The lowest BCUT2D eigenvalue weighted by molar-refractivity contribution is -0.149. The van der Waals surface area contributed by atoms with Gasteiger partial charge in [-0.2, -0.15) is 4.31 Å². The number of ether oxygens (including phenoxy) is 1. The smallest absolute Gasteiger partial charge is 0.310 e. The monoisotopic (exact) mass is 507 g/mol. The first-order valence-electron chi connectivity index (χ1n) is 10.4. The molecule has 2 heterocycles. The van der Waals surface area contributed by atoms with Crippen LogP contribution < -0.4 is 5.32 Å². The van der Waals surface area contributed by atoms with E-state index in [0.717, 1.165) is 4.70 Å². The standard InChI is InChI=1S/C22H22ClN3O5S2/c1-2-31-21(28)15-5-4-12-26(13-15)33(29,30)16-10-8-14(9-11-16)20(27)25-22-24-19-17(23)6-3-7-18(19)32-22/h3,6-11,15H,2,4-5,12-13H2,1H3,(H,24,25,27). The van der Waals surface area contributed by atoms with Crippen LogP contribution >= 0.6 is 22.9 Å². The number of sulfonamides is 1. The minimum Gasteiger partial charge on any atom is -0.466 e. The van der Waals surface area contributed by atoms with E-state index in [1.165, 1.54) is 39.9 Å². The van der Waals surface area contributed by atoms with Crippen LogP contribution in [0.2, 0.25) is 5.02 Å². The largest absolute Gasteiger partial charge is 0.466 e. The third kappa shape index (κ3) is 5.03. The van der Waals surface area contributed by atoms with Gasteiger partial charge in [-0.1, -0.05) is 29.0 Å². The van der Waals surface area contributed by atoms with E-state index in [2.05, 4.69) is 10.3 Å². The molecule has 0 bridgehead atoms. The van der Waals surface area contributed by atoms with Crippen molar-refractivity contribution in [2.24, 2.45) is 5.92 Å². The maximum atomic E-state index is 13.1. The summed E-state index contributed by atoms with van der Waals surface area (Å²) >= 11 is 7.43. The van der Waals surface area contributed by atoms with Crippen LogP contribution in [0.25, 0.3) is 10.2 Å². The van der Waals surface area contributed by atoms with Crippen molar-refractivity contribution >= 4 is 60.2 Å². The zero-order chi connectivity index (χ0) is 23.6. The number of para-hydroxylation sites is 1. The molecule has 11 heteroatoms. The lowest BCUT2D eigenvalue weighted by Crippen LogP contribution is -2.42. The van der Waals surface area contributed by atoms with Gasteiger partial charge in [-0.25, -0.2) is 13.4 Å². The summed E-state index contributed by atoms with van der Waals surface area (Å²) in [5, 5.41) is 3.63. The number of fused-ring (bicyclic) bond motifs is 1. The molecule has 1 N–H and O–H groups in total. The van der Waals surface area contributed by atoms with Gasteiger partial charge in [0.15, 0.2) is 5.13 Å². The van der Waals surface area contributed by atoms with Gasteiger partial charge in [0, 0.05) is 18.7 Å². The van der Waals surface area contributed by atoms with Gasteiger partial charge in [0.1, 0.15) is 5.52 Å². The van der Waals surface area contributed by atoms with Crippen molar-refractivity contribution in [3.05, 3.63) is 53.1 Å². The molecule has 1 aliphatic rings. The van der Waals surface area contributed by atoms with Gasteiger partial charge in [-0.3, -0.25) is 14.9 Å². The first kappa shape index (κ1) is 23.6. The Hall–Kier alpha value is -2.53. The van der Waals surface area contributed by atoms with Crippen molar-refractivity contribution in [3.63, 3.8) is 0 Å². The van der Waals surface area contributed by atoms with E-state index in [9.17, 15) is 18.0 Å². The molecule has 4 rings (SSSR count). The molecular formula is C22H22ClN3O5S2. The van der Waals surface area contributed by atoms with Gasteiger partial charge in [0.05, 0.1) is 27.1 Å². The lowest BCUT2D eigenvalue weighted by atomic mass is 10.0. The molecule has 1 saturated heterocycles. The molecule has 2 aromatic carbocycles. The van der Waals surface area contributed by atoms with Crippen molar-refractivity contribution in [3.8, 4) is 0 Å². The number of esters is 1. The molecule has 1 unspecified atom stereocenters. The van der Waals surface area contributed by atoms with Gasteiger partial charge in [0.2, 0.25) is 10.0 Å². The molecule has 1 aromatic heterocycles. The number of benzene rings is 2. The first-order valence-corrected chi connectivity index (χ1v) is 13.1. The minimum atomic E-state index is -3.80. The summed E-state index contributed by atoms with van der Waals surface area (Å²) < 4.78 is 33.3. The van der Waals surface area contributed by atoms with Crippen molar-refractivity contribution < 1.29 is 22.7 Å². The highest BCUT2D eigenvalue weighted by Crippen LogP contribution is 2.31. The molecule has 0 radical (unpaired) electrons. The van der Waals surface area contributed by atoms with Crippen LogP contribution in [0.1, 0.15) is 30.1 Å². The third-order valence-electron chi connectivity index (χ3n) is 5.35. The number of nitrogens with one attached hydrogen (secondary N) is 1. The van der Waals surface area contributed by atoms with E-state index in [4.69, 9.17) is 16.3 Å².